The van der Waals surface area contributed by atoms with Gasteiger partial charge in [0, 0.05) is 29.7 Å². The number of thiophene rings is 1. The summed E-state index contributed by atoms with van der Waals surface area (Å²) >= 11 is 1.66. The number of nitrogens with zero attached hydrogens (tertiary/aromatic N) is 1. The van der Waals surface area contributed by atoms with Gasteiger partial charge in [0.15, 0.2) is 0 Å². The average molecular weight is 300 g/mol. The number of amides is 2. The van der Waals surface area contributed by atoms with Crippen LogP contribution in [0.25, 0.3) is 0 Å². The van der Waals surface area contributed by atoms with Gasteiger partial charge in [0.05, 0.1) is 6.42 Å². The van der Waals surface area contributed by atoms with E-state index >= 15 is 0 Å². The molecular formula is C16H16N2O2S. The molecule has 1 aliphatic heterocycles. The number of anilines is 2. The van der Waals surface area contributed by atoms with E-state index in [9.17, 15) is 9.59 Å². The fourth-order valence-electron chi connectivity index (χ4n) is 2.46. The molecule has 4 nitrogen and oxygen atoms in total. The molecule has 0 atom stereocenters. The summed E-state index contributed by atoms with van der Waals surface area (Å²) in [5.74, 6) is 0.0900. The Labute approximate surface area is 127 Å². The summed E-state index contributed by atoms with van der Waals surface area (Å²) in [6.45, 7) is 0. The van der Waals surface area contributed by atoms with E-state index in [-0.39, 0.29) is 11.8 Å². The summed E-state index contributed by atoms with van der Waals surface area (Å²) in [6.07, 6.45) is 1.64. The van der Waals surface area contributed by atoms with Crippen LogP contribution in [-0.4, -0.2) is 18.9 Å². The fourth-order valence-corrected chi connectivity index (χ4v) is 3.17. The van der Waals surface area contributed by atoms with Crippen molar-refractivity contribution in [2.75, 3.05) is 17.3 Å². The van der Waals surface area contributed by atoms with E-state index in [1.54, 1.807) is 23.3 Å². The molecule has 0 radical (unpaired) electrons. The molecule has 0 fully saturated rings. The summed E-state index contributed by atoms with van der Waals surface area (Å²) in [5, 5.41) is 4.91. The third-order valence-electron chi connectivity index (χ3n) is 3.62. The standard InChI is InChI=1S/C16H16N2O2S/c1-18-14-6-4-12(9-11(14)10-16(18)20)17-15(19)7-5-13-3-2-8-21-13/h2-4,6,8-9H,5,7,10H2,1H3,(H,17,19). The molecular weight excluding hydrogens is 284 g/mol. The minimum absolute atomic E-state index is 0.000952. The van der Waals surface area contributed by atoms with Crippen LogP contribution in [0.1, 0.15) is 16.9 Å². The van der Waals surface area contributed by atoms with Gasteiger partial charge in [-0.2, -0.15) is 0 Å². The molecule has 0 bridgehead atoms. The highest BCUT2D eigenvalue weighted by Crippen LogP contribution is 2.30. The molecule has 1 aliphatic rings. The normalized spacial score (nSPS) is 13.4. The zero-order valence-corrected chi connectivity index (χ0v) is 12.6. The van der Waals surface area contributed by atoms with Crippen LogP contribution in [0.5, 0.6) is 0 Å². The average Bonchev–Trinajstić information content (AvgIpc) is 3.06. The van der Waals surface area contributed by atoms with Crippen LogP contribution >= 0.6 is 11.3 Å². The summed E-state index contributed by atoms with van der Waals surface area (Å²) in [5.41, 5.74) is 2.66. The number of aryl methyl sites for hydroxylation is 1. The third kappa shape index (κ3) is 2.97. The van der Waals surface area contributed by atoms with E-state index in [0.29, 0.717) is 12.8 Å². The molecule has 0 aliphatic carbocycles. The van der Waals surface area contributed by atoms with Crippen molar-refractivity contribution < 1.29 is 9.59 Å². The minimum atomic E-state index is 0.000952. The Balaban J connectivity index is 1.62. The first kappa shape index (κ1) is 13.8. The lowest BCUT2D eigenvalue weighted by molar-refractivity contribution is -0.117. The van der Waals surface area contributed by atoms with Crippen LogP contribution in [0.15, 0.2) is 35.7 Å². The number of hydrogen-bond acceptors (Lipinski definition) is 3. The number of carbonyl (C=O) groups excluding carboxylic acids is 2. The van der Waals surface area contributed by atoms with Gasteiger partial charge in [-0.15, -0.1) is 11.3 Å². The van der Waals surface area contributed by atoms with Gasteiger partial charge >= 0.3 is 0 Å². The second kappa shape index (κ2) is 5.69. The van der Waals surface area contributed by atoms with E-state index in [4.69, 9.17) is 0 Å². The quantitative estimate of drug-likeness (QED) is 0.944. The molecule has 0 spiro atoms. The highest BCUT2D eigenvalue weighted by atomic mass is 32.1. The second-order valence-corrected chi connectivity index (χ2v) is 6.13. The van der Waals surface area contributed by atoms with Gasteiger partial charge in [0.1, 0.15) is 0 Å². The van der Waals surface area contributed by atoms with E-state index < -0.39 is 0 Å². The predicted octanol–water partition coefficient (Wildman–Crippen LogP) is 2.84. The summed E-state index contributed by atoms with van der Waals surface area (Å²) < 4.78 is 0. The molecule has 5 heteroatoms. The van der Waals surface area contributed by atoms with Gasteiger partial charge in [-0.05, 0) is 41.6 Å². The molecule has 1 N–H and O–H groups in total. The van der Waals surface area contributed by atoms with Gasteiger partial charge in [-0.1, -0.05) is 6.07 Å². The maximum Gasteiger partial charge on any atom is 0.231 e. The monoisotopic (exact) mass is 300 g/mol. The van der Waals surface area contributed by atoms with Crippen LogP contribution in [0.4, 0.5) is 11.4 Å². The van der Waals surface area contributed by atoms with Crippen molar-refractivity contribution in [2.45, 2.75) is 19.3 Å². The van der Waals surface area contributed by atoms with E-state index in [2.05, 4.69) is 5.32 Å². The number of rotatable bonds is 4. The smallest absolute Gasteiger partial charge is 0.231 e. The van der Waals surface area contributed by atoms with Crippen LogP contribution in [-0.2, 0) is 22.4 Å². The Morgan fingerprint density at radius 2 is 2.24 bits per heavy atom. The highest BCUT2D eigenvalue weighted by molar-refractivity contribution is 7.09. The Morgan fingerprint density at radius 1 is 1.38 bits per heavy atom. The van der Waals surface area contributed by atoms with Crippen LogP contribution in [0, 0.1) is 0 Å². The number of benzene rings is 1. The molecule has 2 amide bonds. The van der Waals surface area contributed by atoms with Crippen LogP contribution in [0.3, 0.4) is 0 Å². The zero-order valence-electron chi connectivity index (χ0n) is 11.8. The van der Waals surface area contributed by atoms with Crippen LogP contribution in [0.2, 0.25) is 0 Å². The molecule has 3 rings (SSSR count). The Hall–Kier alpha value is -2.14. The molecule has 21 heavy (non-hydrogen) atoms. The molecule has 2 aromatic rings. The molecule has 0 saturated carbocycles. The number of likely N-dealkylation sites (N-methyl/N-ethyl adjacent to an activating group) is 1. The van der Waals surface area contributed by atoms with Crippen molar-refractivity contribution in [3.63, 3.8) is 0 Å². The second-order valence-electron chi connectivity index (χ2n) is 5.10. The number of hydrogen-bond donors (Lipinski definition) is 1. The Morgan fingerprint density at radius 3 is 3.00 bits per heavy atom. The molecule has 2 heterocycles. The molecule has 1 aromatic carbocycles. The molecule has 0 saturated heterocycles. The Kier molecular flexibility index (Phi) is 3.75. The van der Waals surface area contributed by atoms with Gasteiger partial charge in [-0.25, -0.2) is 0 Å². The summed E-state index contributed by atoms with van der Waals surface area (Å²) in [4.78, 5) is 26.5. The Bertz CT molecular complexity index is 680. The molecule has 108 valence electrons. The lowest BCUT2D eigenvalue weighted by Gasteiger charge is -2.11. The topological polar surface area (TPSA) is 49.4 Å². The number of fused-ring (bicyclic) bond motifs is 1. The SMILES string of the molecule is CN1C(=O)Cc2cc(NC(=O)CCc3cccs3)ccc21. The first-order valence-corrected chi connectivity index (χ1v) is 7.73. The van der Waals surface area contributed by atoms with E-state index in [0.717, 1.165) is 23.4 Å². The zero-order chi connectivity index (χ0) is 14.8. The van der Waals surface area contributed by atoms with E-state index in [1.807, 2.05) is 35.7 Å². The lowest BCUT2D eigenvalue weighted by atomic mass is 10.1. The third-order valence-corrected chi connectivity index (χ3v) is 4.56. The van der Waals surface area contributed by atoms with Crippen molar-refractivity contribution in [3.8, 4) is 0 Å². The van der Waals surface area contributed by atoms with Gasteiger partial charge < -0.3 is 10.2 Å². The van der Waals surface area contributed by atoms with Crippen LogP contribution < -0.4 is 10.2 Å². The fraction of sp³-hybridized carbons (Fsp3) is 0.250. The van der Waals surface area contributed by atoms with Gasteiger partial charge in [0.25, 0.3) is 0 Å². The van der Waals surface area contributed by atoms with Crippen molar-refractivity contribution in [1.29, 1.82) is 0 Å². The summed E-state index contributed by atoms with van der Waals surface area (Å²) in [7, 11) is 1.77. The highest BCUT2D eigenvalue weighted by Gasteiger charge is 2.23. The number of nitrogens with one attached hydrogen (secondary N) is 1. The predicted molar refractivity (Wildman–Crippen MR) is 84.8 cm³/mol. The van der Waals surface area contributed by atoms with Crippen molar-refractivity contribution >= 4 is 34.5 Å². The van der Waals surface area contributed by atoms with E-state index in [1.165, 1.54) is 4.88 Å². The first-order valence-electron chi connectivity index (χ1n) is 6.85. The number of carbonyl (C=O) groups is 2. The van der Waals surface area contributed by atoms with Gasteiger partial charge in [0.2, 0.25) is 11.8 Å². The van der Waals surface area contributed by atoms with Crippen molar-refractivity contribution in [2.24, 2.45) is 0 Å². The minimum Gasteiger partial charge on any atom is -0.326 e. The van der Waals surface area contributed by atoms with Crippen molar-refractivity contribution in [3.05, 3.63) is 46.2 Å². The first-order chi connectivity index (χ1) is 10.1. The molecule has 1 aromatic heterocycles. The summed E-state index contributed by atoms with van der Waals surface area (Å²) in [6, 6.07) is 9.65. The largest absolute Gasteiger partial charge is 0.326 e. The maximum absolute atomic E-state index is 12.0. The molecule has 0 unspecified atom stereocenters. The van der Waals surface area contributed by atoms with Gasteiger partial charge in [-0.3, -0.25) is 9.59 Å². The lowest BCUT2D eigenvalue weighted by Crippen LogP contribution is -2.20. The van der Waals surface area contributed by atoms with Crippen molar-refractivity contribution in [1.82, 2.24) is 0 Å². The maximum atomic E-state index is 12.0.